The van der Waals surface area contributed by atoms with Crippen LogP contribution in [0.3, 0.4) is 0 Å². The van der Waals surface area contributed by atoms with Crippen LogP contribution < -0.4 is 5.32 Å². The van der Waals surface area contributed by atoms with E-state index in [-0.39, 0.29) is 6.04 Å². The van der Waals surface area contributed by atoms with Gasteiger partial charge in [-0.15, -0.1) is 0 Å². The highest BCUT2D eigenvalue weighted by Crippen LogP contribution is 2.28. The van der Waals surface area contributed by atoms with Gasteiger partial charge in [0.05, 0.1) is 5.69 Å². The van der Waals surface area contributed by atoms with Gasteiger partial charge in [-0.1, -0.05) is 24.3 Å². The van der Waals surface area contributed by atoms with E-state index >= 15 is 0 Å². The molecule has 3 heteroatoms. The second-order valence-electron chi connectivity index (χ2n) is 5.12. The molecule has 0 radical (unpaired) electrons. The van der Waals surface area contributed by atoms with E-state index in [4.69, 9.17) is 4.42 Å². The van der Waals surface area contributed by atoms with Crippen LogP contribution in [0, 0.1) is 13.8 Å². The van der Waals surface area contributed by atoms with Crippen molar-refractivity contribution in [3.05, 3.63) is 65.2 Å². The molecule has 102 valence electrons. The number of furan rings is 1. The van der Waals surface area contributed by atoms with Crippen molar-refractivity contribution < 1.29 is 4.42 Å². The van der Waals surface area contributed by atoms with Gasteiger partial charge in [0, 0.05) is 11.6 Å². The highest BCUT2D eigenvalue weighted by Gasteiger charge is 2.19. The predicted octanol–water partition coefficient (Wildman–Crippen LogP) is 3.75. The van der Waals surface area contributed by atoms with Crippen LogP contribution in [-0.2, 0) is 0 Å². The maximum atomic E-state index is 5.96. The Hall–Kier alpha value is -2.13. The maximum Gasteiger partial charge on any atom is 0.134 e. The Morgan fingerprint density at radius 1 is 1.15 bits per heavy atom. The second-order valence-corrected chi connectivity index (χ2v) is 5.12. The molecule has 0 spiro atoms. The number of fused-ring (bicyclic) bond motifs is 1. The largest absolute Gasteiger partial charge is 0.459 e. The highest BCUT2D eigenvalue weighted by molar-refractivity contribution is 5.77. The van der Waals surface area contributed by atoms with Crippen molar-refractivity contribution in [2.75, 3.05) is 7.05 Å². The zero-order valence-electron chi connectivity index (χ0n) is 12.0. The van der Waals surface area contributed by atoms with Crippen molar-refractivity contribution >= 4 is 11.0 Å². The number of aryl methyl sites for hydroxylation is 2. The van der Waals surface area contributed by atoms with Crippen molar-refractivity contribution in [1.29, 1.82) is 0 Å². The molecule has 0 amide bonds. The lowest BCUT2D eigenvalue weighted by Crippen LogP contribution is -2.19. The zero-order valence-corrected chi connectivity index (χ0v) is 12.0. The van der Waals surface area contributed by atoms with Crippen molar-refractivity contribution in [3.63, 3.8) is 0 Å². The average Bonchev–Trinajstić information content (AvgIpc) is 2.85. The summed E-state index contributed by atoms with van der Waals surface area (Å²) in [6, 6.07) is 12.3. The summed E-state index contributed by atoms with van der Waals surface area (Å²) < 4.78 is 5.96. The van der Waals surface area contributed by atoms with Crippen LogP contribution >= 0.6 is 0 Å². The normalized spacial score (nSPS) is 12.8. The lowest BCUT2D eigenvalue weighted by Gasteiger charge is -2.15. The topological polar surface area (TPSA) is 38.1 Å². The van der Waals surface area contributed by atoms with Crippen molar-refractivity contribution in [3.8, 4) is 0 Å². The molecule has 0 aliphatic heterocycles. The van der Waals surface area contributed by atoms with Crippen LogP contribution in [0.5, 0.6) is 0 Å². The summed E-state index contributed by atoms with van der Waals surface area (Å²) in [6.45, 7) is 4.14. The number of pyridine rings is 1. The Morgan fingerprint density at radius 3 is 2.65 bits per heavy atom. The smallest absolute Gasteiger partial charge is 0.134 e. The summed E-state index contributed by atoms with van der Waals surface area (Å²) in [7, 11) is 1.93. The molecular formula is C17H18N2O. The first kappa shape index (κ1) is 12.9. The summed E-state index contributed by atoms with van der Waals surface area (Å²) >= 11 is 0. The summed E-state index contributed by atoms with van der Waals surface area (Å²) in [6.07, 6.45) is 1.90. The second kappa shape index (κ2) is 5.10. The molecule has 0 fully saturated rings. The number of nitrogens with one attached hydrogen (secondary N) is 1. The summed E-state index contributed by atoms with van der Waals surface area (Å²) in [4.78, 5) is 4.57. The fourth-order valence-corrected chi connectivity index (χ4v) is 2.59. The molecule has 0 aliphatic rings. The third-order valence-electron chi connectivity index (χ3n) is 3.55. The minimum Gasteiger partial charge on any atom is -0.459 e. The van der Waals surface area contributed by atoms with Crippen LogP contribution in [-0.4, -0.2) is 12.0 Å². The number of benzene rings is 1. The van der Waals surface area contributed by atoms with Gasteiger partial charge in [0.2, 0.25) is 0 Å². The van der Waals surface area contributed by atoms with Gasteiger partial charge in [0.25, 0.3) is 0 Å². The molecule has 1 N–H and O–H groups in total. The molecule has 1 unspecified atom stereocenters. The molecule has 1 aromatic carbocycles. The fraction of sp³-hybridized carbons (Fsp3) is 0.235. The molecule has 3 nitrogen and oxygen atoms in total. The number of rotatable bonds is 3. The Bertz CT molecular complexity index is 713. The Balaban J connectivity index is 2.08. The monoisotopic (exact) mass is 266 g/mol. The Labute approximate surface area is 118 Å². The molecule has 3 rings (SSSR count). The van der Waals surface area contributed by atoms with Crippen molar-refractivity contribution in [2.45, 2.75) is 19.9 Å². The standard InChI is InChI=1S/C17H18N2O/c1-11-8-12(2)16(19-10-11)17(18-3)15-9-13-6-4-5-7-14(13)20-15/h4-10,17-18H,1-3H3. The third kappa shape index (κ3) is 2.21. The number of aromatic nitrogens is 1. The number of nitrogens with zero attached hydrogens (tertiary/aromatic N) is 1. The lowest BCUT2D eigenvalue weighted by molar-refractivity contribution is 0.484. The van der Waals surface area contributed by atoms with E-state index in [1.54, 1.807) is 0 Å². The summed E-state index contributed by atoms with van der Waals surface area (Å²) in [5.74, 6) is 0.896. The van der Waals surface area contributed by atoms with Crippen LogP contribution in [0.1, 0.15) is 28.6 Å². The van der Waals surface area contributed by atoms with Gasteiger partial charge >= 0.3 is 0 Å². The first-order chi connectivity index (χ1) is 9.69. The maximum absolute atomic E-state index is 5.96. The van der Waals surface area contributed by atoms with E-state index in [9.17, 15) is 0 Å². The molecule has 20 heavy (non-hydrogen) atoms. The number of para-hydroxylation sites is 1. The van der Waals surface area contributed by atoms with Gasteiger partial charge in [-0.3, -0.25) is 4.98 Å². The molecule has 0 saturated heterocycles. The quantitative estimate of drug-likeness (QED) is 0.784. The molecule has 1 atom stereocenters. The lowest BCUT2D eigenvalue weighted by atomic mass is 10.0. The van der Waals surface area contributed by atoms with Gasteiger partial charge in [-0.25, -0.2) is 0 Å². The van der Waals surface area contributed by atoms with Gasteiger partial charge < -0.3 is 9.73 Å². The minimum absolute atomic E-state index is 0.0250. The van der Waals surface area contributed by atoms with E-state index in [1.165, 1.54) is 11.1 Å². The molecule has 2 heterocycles. The molecule has 0 bridgehead atoms. The van der Waals surface area contributed by atoms with Gasteiger partial charge in [-0.2, -0.15) is 0 Å². The number of hydrogen-bond acceptors (Lipinski definition) is 3. The first-order valence-electron chi connectivity index (χ1n) is 6.78. The van der Waals surface area contributed by atoms with Gasteiger partial charge in [-0.05, 0) is 44.2 Å². The number of hydrogen-bond donors (Lipinski definition) is 1. The van der Waals surface area contributed by atoms with Crippen LogP contribution in [0.25, 0.3) is 11.0 Å². The van der Waals surface area contributed by atoms with E-state index in [1.807, 2.05) is 31.4 Å². The average molecular weight is 266 g/mol. The van der Waals surface area contributed by atoms with Crippen molar-refractivity contribution in [2.24, 2.45) is 0 Å². The Kier molecular flexibility index (Phi) is 3.28. The zero-order chi connectivity index (χ0) is 14.1. The summed E-state index contributed by atoms with van der Waals surface area (Å²) in [5, 5.41) is 4.42. The predicted molar refractivity (Wildman–Crippen MR) is 80.8 cm³/mol. The van der Waals surface area contributed by atoms with Crippen LogP contribution in [0.2, 0.25) is 0 Å². The SMILES string of the molecule is CNC(c1cc2ccccc2o1)c1ncc(C)cc1C. The molecule has 0 saturated carbocycles. The van der Waals surface area contributed by atoms with E-state index in [2.05, 4.69) is 42.3 Å². The Morgan fingerprint density at radius 2 is 1.95 bits per heavy atom. The van der Waals surface area contributed by atoms with E-state index in [0.717, 1.165) is 22.4 Å². The molecule has 3 aromatic rings. The molecule has 2 aromatic heterocycles. The van der Waals surface area contributed by atoms with Gasteiger partial charge in [0.1, 0.15) is 17.4 Å². The summed E-state index contributed by atoms with van der Waals surface area (Å²) in [5.41, 5.74) is 4.26. The molecular weight excluding hydrogens is 248 g/mol. The fourth-order valence-electron chi connectivity index (χ4n) is 2.59. The first-order valence-corrected chi connectivity index (χ1v) is 6.78. The highest BCUT2D eigenvalue weighted by atomic mass is 16.3. The van der Waals surface area contributed by atoms with Gasteiger partial charge in [0.15, 0.2) is 0 Å². The molecule has 0 aliphatic carbocycles. The van der Waals surface area contributed by atoms with Crippen LogP contribution in [0.4, 0.5) is 0 Å². The van der Waals surface area contributed by atoms with Crippen molar-refractivity contribution in [1.82, 2.24) is 10.3 Å². The third-order valence-corrected chi connectivity index (χ3v) is 3.55. The van der Waals surface area contributed by atoms with Crippen LogP contribution in [0.15, 0.2) is 47.0 Å². The minimum atomic E-state index is -0.0250. The van der Waals surface area contributed by atoms with E-state index in [0.29, 0.717) is 0 Å². The van der Waals surface area contributed by atoms with E-state index < -0.39 is 0 Å².